The third kappa shape index (κ3) is 2.16. The molecule has 0 N–H and O–H groups in total. The van der Waals surface area contributed by atoms with Gasteiger partial charge < -0.3 is 4.90 Å². The summed E-state index contributed by atoms with van der Waals surface area (Å²) in [6.45, 7) is 1.76. The molecule has 2 heterocycles. The Labute approximate surface area is 102 Å². The van der Waals surface area contributed by atoms with E-state index in [1.807, 2.05) is 0 Å². The van der Waals surface area contributed by atoms with Gasteiger partial charge in [-0.25, -0.2) is 0 Å². The molecule has 1 aromatic heterocycles. The lowest BCUT2D eigenvalue weighted by Gasteiger charge is -2.28. The van der Waals surface area contributed by atoms with Gasteiger partial charge in [-0.2, -0.15) is 0 Å². The average molecular weight is 286 g/mol. The zero-order valence-corrected chi connectivity index (χ0v) is 10.3. The zero-order chi connectivity index (χ0) is 11.5. The molecule has 0 aliphatic carbocycles. The maximum Gasteiger partial charge on any atom is 0.311 e. The van der Waals surface area contributed by atoms with E-state index in [1.165, 1.54) is 12.6 Å². The molecule has 1 aliphatic heterocycles. The second-order valence-corrected chi connectivity index (χ2v) is 4.65. The summed E-state index contributed by atoms with van der Waals surface area (Å²) >= 11 is 3.34. The number of rotatable bonds is 2. The molecule has 0 saturated carbocycles. The van der Waals surface area contributed by atoms with Crippen molar-refractivity contribution in [3.63, 3.8) is 0 Å². The van der Waals surface area contributed by atoms with E-state index < -0.39 is 0 Å². The van der Waals surface area contributed by atoms with Crippen molar-refractivity contribution >= 4 is 27.3 Å². The standard InChI is InChI=1S/C10H12BrN3O2/c11-8-6-12-7-9(14(15)16)10(8)13-4-2-1-3-5-13/h6-7H,1-5H2. The minimum Gasteiger partial charge on any atom is -0.365 e. The molecule has 6 heteroatoms. The van der Waals surface area contributed by atoms with Crippen LogP contribution in [-0.4, -0.2) is 23.0 Å². The van der Waals surface area contributed by atoms with Gasteiger partial charge in [0, 0.05) is 19.3 Å². The monoisotopic (exact) mass is 285 g/mol. The van der Waals surface area contributed by atoms with E-state index in [2.05, 4.69) is 25.8 Å². The Morgan fingerprint density at radius 3 is 2.62 bits per heavy atom. The van der Waals surface area contributed by atoms with Gasteiger partial charge >= 0.3 is 5.69 Å². The lowest BCUT2D eigenvalue weighted by atomic mass is 10.1. The Bertz CT molecular complexity index is 405. The molecule has 0 atom stereocenters. The molecular formula is C10H12BrN3O2. The van der Waals surface area contributed by atoms with Crippen LogP contribution in [0.3, 0.4) is 0 Å². The van der Waals surface area contributed by atoms with Crippen molar-refractivity contribution in [2.45, 2.75) is 19.3 Å². The molecule has 0 radical (unpaired) electrons. The van der Waals surface area contributed by atoms with Crippen molar-refractivity contribution in [3.05, 3.63) is 27.0 Å². The van der Waals surface area contributed by atoms with Crippen LogP contribution in [-0.2, 0) is 0 Å². The Morgan fingerprint density at radius 2 is 2.00 bits per heavy atom. The van der Waals surface area contributed by atoms with E-state index in [4.69, 9.17) is 0 Å². The Kier molecular flexibility index (Phi) is 3.38. The first kappa shape index (κ1) is 11.3. The van der Waals surface area contributed by atoms with E-state index >= 15 is 0 Å². The fraction of sp³-hybridized carbons (Fsp3) is 0.500. The van der Waals surface area contributed by atoms with Crippen LogP contribution in [0.1, 0.15) is 19.3 Å². The highest BCUT2D eigenvalue weighted by Crippen LogP contribution is 2.35. The molecule has 86 valence electrons. The predicted molar refractivity (Wildman–Crippen MR) is 64.7 cm³/mol. The van der Waals surface area contributed by atoms with Crippen molar-refractivity contribution in [1.29, 1.82) is 0 Å². The van der Waals surface area contributed by atoms with E-state index in [-0.39, 0.29) is 10.6 Å². The first-order valence-corrected chi connectivity index (χ1v) is 6.02. The van der Waals surface area contributed by atoms with Crippen LogP contribution < -0.4 is 4.90 Å². The van der Waals surface area contributed by atoms with Crippen LogP contribution in [0.25, 0.3) is 0 Å². The van der Waals surface area contributed by atoms with Gasteiger partial charge in [-0.05, 0) is 35.2 Å². The minimum atomic E-state index is -0.373. The summed E-state index contributed by atoms with van der Waals surface area (Å²) in [5, 5.41) is 10.9. The second-order valence-electron chi connectivity index (χ2n) is 3.79. The van der Waals surface area contributed by atoms with Gasteiger partial charge in [0.25, 0.3) is 0 Å². The van der Waals surface area contributed by atoms with E-state index in [0.29, 0.717) is 10.2 Å². The lowest BCUT2D eigenvalue weighted by Crippen LogP contribution is -2.30. The highest BCUT2D eigenvalue weighted by molar-refractivity contribution is 9.10. The van der Waals surface area contributed by atoms with Crippen molar-refractivity contribution in [2.24, 2.45) is 0 Å². The highest BCUT2D eigenvalue weighted by atomic mass is 79.9. The van der Waals surface area contributed by atoms with Gasteiger partial charge in [-0.1, -0.05) is 0 Å². The number of hydrogen-bond donors (Lipinski definition) is 0. The number of hydrogen-bond acceptors (Lipinski definition) is 4. The predicted octanol–water partition coefficient (Wildman–Crippen LogP) is 2.74. The molecule has 1 fully saturated rings. The average Bonchev–Trinajstić information content (AvgIpc) is 2.29. The zero-order valence-electron chi connectivity index (χ0n) is 8.73. The summed E-state index contributed by atoms with van der Waals surface area (Å²) in [7, 11) is 0. The molecule has 0 unspecified atom stereocenters. The summed E-state index contributed by atoms with van der Waals surface area (Å²) < 4.78 is 0.698. The molecule has 0 bridgehead atoms. The number of nitro groups is 1. The van der Waals surface area contributed by atoms with Gasteiger partial charge in [0.1, 0.15) is 11.9 Å². The Hall–Kier alpha value is -1.17. The van der Waals surface area contributed by atoms with Gasteiger partial charge in [0.15, 0.2) is 0 Å². The third-order valence-electron chi connectivity index (χ3n) is 2.72. The summed E-state index contributed by atoms with van der Waals surface area (Å²) in [6, 6.07) is 0. The van der Waals surface area contributed by atoms with Crippen LogP contribution in [0.5, 0.6) is 0 Å². The van der Waals surface area contributed by atoms with E-state index in [0.717, 1.165) is 25.9 Å². The molecular weight excluding hydrogens is 274 g/mol. The number of piperidine rings is 1. The summed E-state index contributed by atoms with van der Waals surface area (Å²) in [6.07, 6.45) is 6.30. The van der Waals surface area contributed by atoms with Crippen LogP contribution in [0.2, 0.25) is 0 Å². The molecule has 16 heavy (non-hydrogen) atoms. The van der Waals surface area contributed by atoms with Crippen LogP contribution >= 0.6 is 15.9 Å². The number of pyridine rings is 1. The highest BCUT2D eigenvalue weighted by Gasteiger charge is 2.23. The van der Waals surface area contributed by atoms with Crippen molar-refractivity contribution in [1.82, 2.24) is 4.98 Å². The van der Waals surface area contributed by atoms with Crippen molar-refractivity contribution in [3.8, 4) is 0 Å². The second kappa shape index (κ2) is 4.78. The lowest BCUT2D eigenvalue weighted by molar-refractivity contribution is -0.384. The maximum atomic E-state index is 10.9. The van der Waals surface area contributed by atoms with Crippen LogP contribution in [0, 0.1) is 10.1 Å². The van der Waals surface area contributed by atoms with Crippen molar-refractivity contribution < 1.29 is 4.92 Å². The Morgan fingerprint density at radius 1 is 1.31 bits per heavy atom. The van der Waals surface area contributed by atoms with Crippen molar-refractivity contribution in [2.75, 3.05) is 18.0 Å². The molecule has 1 aromatic rings. The minimum absolute atomic E-state index is 0.0799. The van der Waals surface area contributed by atoms with Gasteiger partial charge in [0.2, 0.25) is 0 Å². The molecule has 0 aromatic carbocycles. The first-order chi connectivity index (χ1) is 7.70. The summed E-state index contributed by atoms with van der Waals surface area (Å²) in [4.78, 5) is 16.5. The molecule has 1 aliphatic rings. The number of halogens is 1. The molecule has 0 spiro atoms. The number of anilines is 1. The third-order valence-corrected chi connectivity index (χ3v) is 3.30. The van der Waals surface area contributed by atoms with Crippen LogP contribution in [0.4, 0.5) is 11.4 Å². The largest absolute Gasteiger partial charge is 0.365 e. The summed E-state index contributed by atoms with van der Waals surface area (Å²) in [5.41, 5.74) is 0.746. The first-order valence-electron chi connectivity index (χ1n) is 5.23. The normalized spacial score (nSPS) is 16.2. The maximum absolute atomic E-state index is 10.9. The number of aromatic nitrogens is 1. The summed E-state index contributed by atoms with van der Waals surface area (Å²) in [5.74, 6) is 0. The van der Waals surface area contributed by atoms with E-state index in [9.17, 15) is 10.1 Å². The van der Waals surface area contributed by atoms with Gasteiger partial charge in [-0.15, -0.1) is 0 Å². The molecule has 2 rings (SSSR count). The smallest absolute Gasteiger partial charge is 0.311 e. The quantitative estimate of drug-likeness (QED) is 0.619. The van der Waals surface area contributed by atoms with Crippen LogP contribution in [0.15, 0.2) is 16.9 Å². The topological polar surface area (TPSA) is 59.3 Å². The fourth-order valence-electron chi connectivity index (χ4n) is 1.98. The van der Waals surface area contributed by atoms with E-state index in [1.54, 1.807) is 6.20 Å². The number of nitrogens with zero attached hydrogens (tertiary/aromatic N) is 3. The fourth-order valence-corrected chi connectivity index (χ4v) is 2.55. The Balaban J connectivity index is 2.40. The SMILES string of the molecule is O=[N+]([O-])c1cncc(Br)c1N1CCCCC1. The van der Waals surface area contributed by atoms with Gasteiger partial charge in [0.05, 0.1) is 9.40 Å². The molecule has 1 saturated heterocycles. The molecule has 0 amide bonds. The van der Waals surface area contributed by atoms with Gasteiger partial charge in [-0.3, -0.25) is 15.1 Å². The molecule has 5 nitrogen and oxygen atoms in total.